The number of benzene rings is 1. The summed E-state index contributed by atoms with van der Waals surface area (Å²) >= 11 is 0. The Morgan fingerprint density at radius 2 is 2.26 bits per heavy atom. The quantitative estimate of drug-likeness (QED) is 0.881. The molecule has 2 unspecified atom stereocenters. The molecule has 19 heavy (non-hydrogen) atoms. The van der Waals surface area contributed by atoms with Gasteiger partial charge in [-0.05, 0) is 36.5 Å². The summed E-state index contributed by atoms with van der Waals surface area (Å²) in [6.45, 7) is 0.820. The van der Waals surface area contributed by atoms with Gasteiger partial charge in [0.05, 0.1) is 12.1 Å². The molecule has 2 aliphatic rings. The first kappa shape index (κ1) is 12.6. The number of hydrogen-bond acceptors (Lipinski definition) is 3. The first-order valence-electron chi connectivity index (χ1n) is 6.93. The van der Waals surface area contributed by atoms with E-state index in [1.165, 1.54) is 5.56 Å². The third kappa shape index (κ3) is 2.26. The second-order valence-electron chi connectivity index (χ2n) is 5.42. The van der Waals surface area contributed by atoms with E-state index < -0.39 is 0 Å². The molecule has 1 fully saturated rings. The van der Waals surface area contributed by atoms with Crippen molar-refractivity contribution in [1.82, 2.24) is 0 Å². The lowest BCUT2D eigenvalue weighted by molar-refractivity contribution is -0.118. The molecular formula is C15H20N2O2. The van der Waals surface area contributed by atoms with Crippen molar-refractivity contribution < 1.29 is 9.53 Å². The van der Waals surface area contributed by atoms with Crippen molar-refractivity contribution in [3.8, 4) is 0 Å². The van der Waals surface area contributed by atoms with E-state index >= 15 is 0 Å². The summed E-state index contributed by atoms with van der Waals surface area (Å²) in [6.07, 6.45) is 3.67. The van der Waals surface area contributed by atoms with Crippen LogP contribution in [0.4, 0.5) is 5.69 Å². The minimum atomic E-state index is -0.0595. The molecule has 4 heteroatoms. The minimum Gasteiger partial charge on any atom is -0.376 e. The lowest BCUT2D eigenvalue weighted by Gasteiger charge is -2.27. The van der Waals surface area contributed by atoms with Gasteiger partial charge in [-0.2, -0.15) is 0 Å². The van der Waals surface area contributed by atoms with E-state index in [-0.39, 0.29) is 18.1 Å². The Morgan fingerprint density at radius 1 is 1.42 bits per heavy atom. The first-order chi connectivity index (χ1) is 9.16. The van der Waals surface area contributed by atoms with Crippen LogP contribution in [0.5, 0.6) is 0 Å². The Kier molecular flexibility index (Phi) is 3.29. The normalized spacial score (nSPS) is 24.4. The molecule has 2 aliphatic heterocycles. The maximum Gasteiger partial charge on any atom is 0.227 e. The molecule has 3 rings (SSSR count). The second-order valence-corrected chi connectivity index (χ2v) is 5.42. The van der Waals surface area contributed by atoms with Gasteiger partial charge in [0.15, 0.2) is 0 Å². The standard InChI is InChI=1S/C15H20N2O2/c1-17-12-6-4-11(9-10(12)5-7-14(17)18)15(16)13-3-2-8-19-13/h4,6,9,13,15H,2-3,5,7-8,16H2,1H3. The van der Waals surface area contributed by atoms with Crippen molar-refractivity contribution >= 4 is 11.6 Å². The van der Waals surface area contributed by atoms with Crippen LogP contribution in [-0.4, -0.2) is 25.7 Å². The molecule has 0 bridgehead atoms. The van der Waals surface area contributed by atoms with E-state index in [2.05, 4.69) is 6.07 Å². The van der Waals surface area contributed by atoms with Crippen molar-refractivity contribution in [2.24, 2.45) is 5.73 Å². The van der Waals surface area contributed by atoms with E-state index in [1.54, 1.807) is 4.90 Å². The van der Waals surface area contributed by atoms with Gasteiger partial charge in [0.2, 0.25) is 5.91 Å². The SMILES string of the molecule is CN1C(=O)CCc2cc(C(N)C3CCCO3)ccc21. The van der Waals surface area contributed by atoms with Crippen LogP contribution in [0.1, 0.15) is 36.4 Å². The Hall–Kier alpha value is -1.39. The number of hydrogen-bond donors (Lipinski definition) is 1. The van der Waals surface area contributed by atoms with Crippen LogP contribution in [0.15, 0.2) is 18.2 Å². The van der Waals surface area contributed by atoms with E-state index in [0.717, 1.165) is 37.1 Å². The fraction of sp³-hybridized carbons (Fsp3) is 0.533. The fourth-order valence-corrected chi connectivity index (χ4v) is 2.98. The molecule has 0 aromatic heterocycles. The van der Waals surface area contributed by atoms with Crippen molar-refractivity contribution in [2.45, 2.75) is 37.8 Å². The van der Waals surface area contributed by atoms with Gasteiger partial charge in [-0.1, -0.05) is 12.1 Å². The number of carbonyl (C=O) groups excluding carboxylic acids is 1. The predicted octanol–water partition coefficient (Wildman–Crippen LogP) is 1.77. The smallest absolute Gasteiger partial charge is 0.227 e. The Bertz CT molecular complexity index is 495. The second kappa shape index (κ2) is 4.94. The monoisotopic (exact) mass is 260 g/mol. The molecule has 0 aliphatic carbocycles. The van der Waals surface area contributed by atoms with Crippen LogP contribution in [0, 0.1) is 0 Å². The van der Waals surface area contributed by atoms with E-state index in [4.69, 9.17) is 10.5 Å². The first-order valence-corrected chi connectivity index (χ1v) is 6.93. The van der Waals surface area contributed by atoms with Crippen molar-refractivity contribution in [1.29, 1.82) is 0 Å². The molecule has 1 aromatic rings. The van der Waals surface area contributed by atoms with Crippen LogP contribution >= 0.6 is 0 Å². The average molecular weight is 260 g/mol. The zero-order valence-electron chi connectivity index (χ0n) is 11.3. The van der Waals surface area contributed by atoms with Crippen molar-refractivity contribution in [3.63, 3.8) is 0 Å². The number of nitrogens with two attached hydrogens (primary N) is 1. The summed E-state index contributed by atoms with van der Waals surface area (Å²) in [5, 5.41) is 0. The number of ether oxygens (including phenoxy) is 1. The topological polar surface area (TPSA) is 55.6 Å². The van der Waals surface area contributed by atoms with Crippen LogP contribution in [-0.2, 0) is 16.0 Å². The summed E-state index contributed by atoms with van der Waals surface area (Å²) in [4.78, 5) is 13.4. The Balaban J connectivity index is 1.87. The maximum atomic E-state index is 11.7. The molecule has 2 atom stereocenters. The minimum absolute atomic E-state index is 0.0595. The summed E-state index contributed by atoms with van der Waals surface area (Å²) in [5.74, 6) is 0.184. The summed E-state index contributed by atoms with van der Waals surface area (Å²) in [6, 6.07) is 6.12. The molecule has 2 N–H and O–H groups in total. The van der Waals surface area contributed by atoms with Crippen LogP contribution in [0.25, 0.3) is 0 Å². The lowest BCUT2D eigenvalue weighted by Crippen LogP contribution is -2.31. The van der Waals surface area contributed by atoms with E-state index in [1.807, 2.05) is 19.2 Å². The molecule has 2 heterocycles. The maximum absolute atomic E-state index is 11.7. The molecule has 0 saturated carbocycles. The molecule has 0 radical (unpaired) electrons. The Labute approximate surface area is 113 Å². The summed E-state index contributed by atoms with van der Waals surface area (Å²) < 4.78 is 5.66. The van der Waals surface area contributed by atoms with Gasteiger partial charge >= 0.3 is 0 Å². The Morgan fingerprint density at radius 3 is 3.00 bits per heavy atom. The molecule has 1 amide bonds. The highest BCUT2D eigenvalue weighted by molar-refractivity contribution is 5.95. The highest BCUT2D eigenvalue weighted by atomic mass is 16.5. The third-order valence-electron chi connectivity index (χ3n) is 4.20. The molecule has 0 spiro atoms. The number of rotatable bonds is 2. The number of anilines is 1. The third-order valence-corrected chi connectivity index (χ3v) is 4.20. The van der Waals surface area contributed by atoms with Gasteiger partial charge in [-0.3, -0.25) is 4.79 Å². The number of fused-ring (bicyclic) bond motifs is 1. The molecule has 4 nitrogen and oxygen atoms in total. The van der Waals surface area contributed by atoms with Gasteiger partial charge in [0, 0.05) is 25.8 Å². The predicted molar refractivity (Wildman–Crippen MR) is 74.1 cm³/mol. The van der Waals surface area contributed by atoms with E-state index in [9.17, 15) is 4.79 Å². The van der Waals surface area contributed by atoms with E-state index in [0.29, 0.717) is 6.42 Å². The number of amides is 1. The van der Waals surface area contributed by atoms with Gasteiger partial charge in [-0.25, -0.2) is 0 Å². The number of nitrogens with zero attached hydrogens (tertiary/aromatic N) is 1. The summed E-state index contributed by atoms with van der Waals surface area (Å²) in [7, 11) is 1.83. The van der Waals surface area contributed by atoms with Gasteiger partial charge in [0.25, 0.3) is 0 Å². The summed E-state index contributed by atoms with van der Waals surface area (Å²) in [5.41, 5.74) is 9.64. The van der Waals surface area contributed by atoms with Gasteiger partial charge in [-0.15, -0.1) is 0 Å². The average Bonchev–Trinajstić information content (AvgIpc) is 2.96. The van der Waals surface area contributed by atoms with Crippen molar-refractivity contribution in [2.75, 3.05) is 18.6 Å². The van der Waals surface area contributed by atoms with Gasteiger partial charge < -0.3 is 15.4 Å². The number of aryl methyl sites for hydroxylation is 1. The highest BCUT2D eigenvalue weighted by Crippen LogP contribution is 2.31. The van der Waals surface area contributed by atoms with Crippen LogP contribution < -0.4 is 10.6 Å². The molecule has 102 valence electrons. The fourth-order valence-electron chi connectivity index (χ4n) is 2.98. The zero-order chi connectivity index (χ0) is 13.4. The van der Waals surface area contributed by atoms with Crippen molar-refractivity contribution in [3.05, 3.63) is 29.3 Å². The molecular weight excluding hydrogens is 240 g/mol. The molecule has 1 saturated heterocycles. The lowest BCUT2D eigenvalue weighted by atomic mass is 9.94. The molecule has 1 aromatic carbocycles. The zero-order valence-corrected chi connectivity index (χ0v) is 11.3. The highest BCUT2D eigenvalue weighted by Gasteiger charge is 2.26. The largest absolute Gasteiger partial charge is 0.376 e. The van der Waals surface area contributed by atoms with Crippen LogP contribution in [0.3, 0.4) is 0 Å². The van der Waals surface area contributed by atoms with Gasteiger partial charge in [0.1, 0.15) is 0 Å². The number of carbonyl (C=O) groups is 1. The van der Waals surface area contributed by atoms with Crippen LogP contribution in [0.2, 0.25) is 0 Å².